The van der Waals surface area contributed by atoms with E-state index in [1.165, 1.54) is 11.1 Å². The molecule has 1 aromatic carbocycles. The number of benzene rings is 1. The van der Waals surface area contributed by atoms with Crippen molar-refractivity contribution < 1.29 is 9.13 Å². The molecule has 1 fully saturated rings. The van der Waals surface area contributed by atoms with Crippen molar-refractivity contribution in [2.75, 3.05) is 13.2 Å². The van der Waals surface area contributed by atoms with Gasteiger partial charge in [-0.3, -0.25) is 10.4 Å². The molecule has 0 amide bonds. The maximum absolute atomic E-state index is 13.6. The van der Waals surface area contributed by atoms with Crippen molar-refractivity contribution in [3.63, 3.8) is 0 Å². The molecule has 1 aromatic rings. The zero-order valence-electron chi connectivity index (χ0n) is 8.69. The fourth-order valence-corrected chi connectivity index (χ4v) is 1.65. The van der Waals surface area contributed by atoms with Crippen molar-refractivity contribution in [3.05, 3.63) is 35.6 Å². The number of hydrogen-bond acceptors (Lipinski definition) is 3. The highest BCUT2D eigenvalue weighted by atomic mass is 19.1. The number of epoxide rings is 1. The summed E-state index contributed by atoms with van der Waals surface area (Å²) < 4.78 is 18.9. The Bertz CT molecular complexity index is 409. The number of rotatable bonds is 5. The Balaban J connectivity index is 2.23. The molecule has 1 heterocycles. The average Bonchev–Trinajstić information content (AvgIpc) is 3.07. The van der Waals surface area contributed by atoms with Crippen molar-refractivity contribution >= 4 is 13.1 Å². The highest BCUT2D eigenvalue weighted by Crippen LogP contribution is 2.40. The van der Waals surface area contributed by atoms with Gasteiger partial charge in [-0.2, -0.15) is 5.10 Å². The van der Waals surface area contributed by atoms with E-state index in [2.05, 4.69) is 11.8 Å². The number of nitrogens with zero attached hydrogens (tertiary/aromatic N) is 2. The predicted octanol–water partition coefficient (Wildman–Crippen LogP) is 1.58. The number of hydrazone groups is 1. The third kappa shape index (κ3) is 1.81. The van der Waals surface area contributed by atoms with Gasteiger partial charge in [-0.1, -0.05) is 18.2 Å². The highest BCUT2D eigenvalue weighted by Gasteiger charge is 2.49. The molecule has 84 valence electrons. The number of halogens is 1. The first-order chi connectivity index (χ1) is 7.72. The third-order valence-electron chi connectivity index (χ3n) is 2.61. The summed E-state index contributed by atoms with van der Waals surface area (Å²) in [5.74, 6) is -0.297. The molecular formula is C11H12FN3O. The largest absolute Gasteiger partial charge is 0.362 e. The first-order valence-corrected chi connectivity index (χ1v) is 4.85. The minimum atomic E-state index is -0.677. The van der Waals surface area contributed by atoms with Gasteiger partial charge in [-0.05, 0) is 6.07 Å². The monoisotopic (exact) mass is 221 g/mol. The molecule has 1 saturated heterocycles. The highest BCUT2D eigenvalue weighted by molar-refractivity contribution is 5.52. The summed E-state index contributed by atoms with van der Waals surface area (Å²) in [7, 11) is 0. The van der Waals surface area contributed by atoms with Gasteiger partial charge in [0.2, 0.25) is 0 Å². The van der Waals surface area contributed by atoms with Gasteiger partial charge in [0.15, 0.2) is 0 Å². The fourth-order valence-electron chi connectivity index (χ4n) is 1.65. The standard InChI is InChI=1S/C11H12FN3O/c1-14-15(8-13)6-11(7-16-11)9-4-2-3-5-10(9)12/h2-5,8,13H,1,6-7H2. The molecule has 1 N–H and O–H groups in total. The number of nitrogens with one attached hydrogen (secondary N) is 1. The maximum Gasteiger partial charge on any atom is 0.139 e. The molecule has 16 heavy (non-hydrogen) atoms. The smallest absolute Gasteiger partial charge is 0.139 e. The van der Waals surface area contributed by atoms with Gasteiger partial charge in [0.05, 0.1) is 13.2 Å². The fraction of sp³-hybridized carbons (Fsp3) is 0.273. The molecule has 0 spiro atoms. The third-order valence-corrected chi connectivity index (χ3v) is 2.61. The van der Waals surface area contributed by atoms with Crippen molar-refractivity contribution in [1.82, 2.24) is 5.01 Å². The average molecular weight is 221 g/mol. The predicted molar refractivity (Wildman–Crippen MR) is 59.1 cm³/mol. The molecule has 5 heteroatoms. The molecule has 4 nitrogen and oxygen atoms in total. The molecule has 1 unspecified atom stereocenters. The molecular weight excluding hydrogens is 209 g/mol. The summed E-state index contributed by atoms with van der Waals surface area (Å²) in [5.41, 5.74) is -0.171. The lowest BCUT2D eigenvalue weighted by atomic mass is 9.99. The van der Waals surface area contributed by atoms with E-state index in [4.69, 9.17) is 10.1 Å². The molecule has 1 aliphatic heterocycles. The van der Waals surface area contributed by atoms with E-state index in [0.29, 0.717) is 18.7 Å². The Morgan fingerprint density at radius 2 is 2.31 bits per heavy atom. The Hall–Kier alpha value is -1.75. The van der Waals surface area contributed by atoms with Gasteiger partial charge in [0.1, 0.15) is 17.8 Å². The Kier molecular flexibility index (Phi) is 2.70. The van der Waals surface area contributed by atoms with Crippen LogP contribution >= 0.6 is 0 Å². The molecule has 0 aliphatic carbocycles. The van der Waals surface area contributed by atoms with Gasteiger partial charge in [0, 0.05) is 12.3 Å². The zero-order chi connectivity index (χ0) is 11.6. The summed E-state index contributed by atoms with van der Waals surface area (Å²) in [6, 6.07) is 6.48. The lowest BCUT2D eigenvalue weighted by Gasteiger charge is -2.18. The van der Waals surface area contributed by atoms with E-state index in [0.717, 1.165) is 6.34 Å². The van der Waals surface area contributed by atoms with Crippen molar-refractivity contribution in [2.45, 2.75) is 5.60 Å². The van der Waals surface area contributed by atoms with E-state index in [-0.39, 0.29) is 5.82 Å². The van der Waals surface area contributed by atoms with E-state index in [9.17, 15) is 4.39 Å². The maximum atomic E-state index is 13.6. The summed E-state index contributed by atoms with van der Waals surface area (Å²) in [6.07, 6.45) is 1.04. The quantitative estimate of drug-likeness (QED) is 0.355. The SMILES string of the molecule is C=NN(C=N)CC1(c2ccccc2F)CO1. The lowest BCUT2D eigenvalue weighted by molar-refractivity contribution is 0.247. The summed E-state index contributed by atoms with van der Waals surface area (Å²) >= 11 is 0. The van der Waals surface area contributed by atoms with Crippen LogP contribution in [0.2, 0.25) is 0 Å². The van der Waals surface area contributed by atoms with E-state index < -0.39 is 5.60 Å². The molecule has 0 radical (unpaired) electrons. The van der Waals surface area contributed by atoms with Crippen LogP contribution in [0.4, 0.5) is 4.39 Å². The molecule has 2 rings (SSSR count). The van der Waals surface area contributed by atoms with Crippen LogP contribution in [0.5, 0.6) is 0 Å². The molecule has 0 bridgehead atoms. The van der Waals surface area contributed by atoms with Crippen LogP contribution in [0, 0.1) is 11.2 Å². The van der Waals surface area contributed by atoms with E-state index in [1.807, 2.05) is 0 Å². The summed E-state index contributed by atoms with van der Waals surface area (Å²) in [6.45, 7) is 4.08. The minimum Gasteiger partial charge on any atom is -0.362 e. The van der Waals surface area contributed by atoms with Crippen LogP contribution in [-0.2, 0) is 10.3 Å². The van der Waals surface area contributed by atoms with Crippen LogP contribution in [0.15, 0.2) is 29.4 Å². The second-order valence-electron chi connectivity index (χ2n) is 3.63. The minimum absolute atomic E-state index is 0.297. The number of ether oxygens (including phenoxy) is 1. The Morgan fingerprint density at radius 1 is 1.62 bits per heavy atom. The van der Waals surface area contributed by atoms with Crippen LogP contribution in [0.1, 0.15) is 5.56 Å². The van der Waals surface area contributed by atoms with Crippen LogP contribution < -0.4 is 0 Å². The first-order valence-electron chi connectivity index (χ1n) is 4.85. The summed E-state index contributed by atoms with van der Waals surface area (Å²) in [5, 5.41) is 12.0. The molecule has 1 aliphatic rings. The van der Waals surface area contributed by atoms with Crippen LogP contribution in [0.3, 0.4) is 0 Å². The zero-order valence-corrected chi connectivity index (χ0v) is 8.69. The van der Waals surface area contributed by atoms with Gasteiger partial charge in [0.25, 0.3) is 0 Å². The van der Waals surface area contributed by atoms with E-state index >= 15 is 0 Å². The van der Waals surface area contributed by atoms with Crippen LogP contribution in [-0.4, -0.2) is 31.2 Å². The van der Waals surface area contributed by atoms with Gasteiger partial charge in [-0.15, -0.1) is 0 Å². The van der Waals surface area contributed by atoms with Crippen LogP contribution in [0.25, 0.3) is 0 Å². The lowest BCUT2D eigenvalue weighted by Crippen LogP contribution is -2.29. The molecule has 0 saturated carbocycles. The normalized spacial score (nSPS) is 22.6. The van der Waals surface area contributed by atoms with Gasteiger partial charge >= 0.3 is 0 Å². The van der Waals surface area contributed by atoms with E-state index in [1.54, 1.807) is 18.2 Å². The second kappa shape index (κ2) is 4.02. The van der Waals surface area contributed by atoms with Crippen molar-refractivity contribution in [1.29, 1.82) is 5.41 Å². The Morgan fingerprint density at radius 3 is 2.81 bits per heavy atom. The Labute approximate surface area is 92.8 Å². The topological polar surface area (TPSA) is 52.0 Å². The van der Waals surface area contributed by atoms with Gasteiger partial charge < -0.3 is 4.74 Å². The summed E-state index contributed by atoms with van der Waals surface area (Å²) in [4.78, 5) is 0. The van der Waals surface area contributed by atoms with Crippen molar-refractivity contribution in [2.24, 2.45) is 5.10 Å². The molecule has 1 atom stereocenters. The second-order valence-corrected chi connectivity index (χ2v) is 3.63. The molecule has 0 aromatic heterocycles. The first kappa shape index (κ1) is 10.8. The van der Waals surface area contributed by atoms with Gasteiger partial charge in [-0.25, -0.2) is 4.39 Å². The number of hydrogen-bond donors (Lipinski definition) is 1. The van der Waals surface area contributed by atoms with Crippen molar-refractivity contribution in [3.8, 4) is 0 Å².